The van der Waals surface area contributed by atoms with Crippen molar-refractivity contribution >= 4 is 39.4 Å². The summed E-state index contributed by atoms with van der Waals surface area (Å²) >= 11 is 2.13. The number of nitrogen functional groups attached to an aromatic ring is 1. The van der Waals surface area contributed by atoms with E-state index in [9.17, 15) is 9.18 Å². The Morgan fingerprint density at radius 1 is 1.24 bits per heavy atom. The molecular weight excluding hydrogens is 384 g/mol. The Morgan fingerprint density at radius 3 is 2.71 bits per heavy atom. The normalized spacial score (nSPS) is 11.0. The van der Waals surface area contributed by atoms with Crippen LogP contribution in [0, 0.1) is 16.3 Å². The van der Waals surface area contributed by atoms with Gasteiger partial charge in [-0.15, -0.1) is 0 Å². The number of halogens is 2. The van der Waals surface area contributed by atoms with Gasteiger partial charge in [0.2, 0.25) is 5.95 Å². The predicted molar refractivity (Wildman–Crippen MR) is 89.2 cm³/mol. The first-order valence-electron chi connectivity index (χ1n) is 6.21. The second-order valence-electron chi connectivity index (χ2n) is 4.70. The lowest BCUT2D eigenvalue weighted by Crippen LogP contribution is -2.23. The third-order valence-electron chi connectivity index (χ3n) is 3.26. The Hall–Kier alpha value is -1.96. The van der Waals surface area contributed by atoms with Gasteiger partial charge < -0.3 is 5.73 Å². The van der Waals surface area contributed by atoms with Crippen LogP contribution in [0.4, 0.5) is 10.3 Å². The van der Waals surface area contributed by atoms with Crippen LogP contribution in [-0.2, 0) is 0 Å². The fourth-order valence-corrected chi connectivity index (χ4v) is 2.77. The molecule has 0 saturated heterocycles. The van der Waals surface area contributed by atoms with Crippen LogP contribution < -0.4 is 11.3 Å². The van der Waals surface area contributed by atoms with Gasteiger partial charge in [0.25, 0.3) is 5.56 Å². The molecule has 0 fully saturated rings. The third-order valence-corrected chi connectivity index (χ3v) is 3.93. The van der Waals surface area contributed by atoms with Gasteiger partial charge in [-0.3, -0.25) is 4.79 Å². The van der Waals surface area contributed by atoms with E-state index in [1.54, 1.807) is 19.1 Å². The topological polar surface area (TPSA) is 60.9 Å². The number of fused-ring (bicyclic) bond motifs is 1. The molecule has 0 aliphatic rings. The number of hydrogen-bond donors (Lipinski definition) is 1. The Balaban J connectivity index is 2.40. The molecule has 0 amide bonds. The van der Waals surface area contributed by atoms with Gasteiger partial charge in [0.15, 0.2) is 0 Å². The molecule has 0 radical (unpaired) electrons. The lowest BCUT2D eigenvalue weighted by Gasteiger charge is -2.12. The van der Waals surface area contributed by atoms with E-state index in [0.29, 0.717) is 22.2 Å². The Labute approximate surface area is 133 Å². The molecule has 0 aliphatic carbocycles. The maximum absolute atomic E-state index is 13.2. The van der Waals surface area contributed by atoms with Gasteiger partial charge in [0, 0.05) is 3.57 Å². The summed E-state index contributed by atoms with van der Waals surface area (Å²) in [6.07, 6.45) is 0. The van der Waals surface area contributed by atoms with E-state index in [1.165, 1.54) is 22.8 Å². The molecule has 0 aliphatic heterocycles. The number of hydrogen-bond acceptors (Lipinski definition) is 3. The van der Waals surface area contributed by atoms with Crippen molar-refractivity contribution in [2.45, 2.75) is 6.92 Å². The van der Waals surface area contributed by atoms with Gasteiger partial charge in [-0.25, -0.2) is 13.9 Å². The highest BCUT2D eigenvalue weighted by atomic mass is 127. The Kier molecular flexibility index (Phi) is 3.40. The third kappa shape index (κ3) is 2.39. The van der Waals surface area contributed by atoms with E-state index < -0.39 is 0 Å². The van der Waals surface area contributed by atoms with E-state index in [2.05, 4.69) is 27.6 Å². The van der Waals surface area contributed by atoms with E-state index in [-0.39, 0.29) is 17.3 Å². The smallest absolute Gasteiger partial charge is 0.267 e. The van der Waals surface area contributed by atoms with Gasteiger partial charge in [0.05, 0.1) is 16.6 Å². The molecule has 4 nitrogen and oxygen atoms in total. The summed E-state index contributed by atoms with van der Waals surface area (Å²) in [5.41, 5.74) is 7.37. The van der Waals surface area contributed by atoms with Gasteiger partial charge in [0.1, 0.15) is 5.82 Å². The minimum atomic E-state index is -0.355. The minimum Gasteiger partial charge on any atom is -0.369 e. The van der Waals surface area contributed by atoms with Crippen LogP contribution in [0.2, 0.25) is 0 Å². The van der Waals surface area contributed by atoms with Crippen molar-refractivity contribution in [1.29, 1.82) is 0 Å². The zero-order valence-corrected chi connectivity index (χ0v) is 13.3. The van der Waals surface area contributed by atoms with Gasteiger partial charge >= 0.3 is 0 Å². The molecule has 0 spiro atoms. The van der Waals surface area contributed by atoms with Gasteiger partial charge in [-0.2, -0.15) is 0 Å². The van der Waals surface area contributed by atoms with Crippen molar-refractivity contribution in [3.05, 3.63) is 61.7 Å². The average Bonchev–Trinajstić information content (AvgIpc) is 2.42. The van der Waals surface area contributed by atoms with Crippen molar-refractivity contribution in [3.8, 4) is 5.69 Å². The quantitative estimate of drug-likeness (QED) is 0.645. The highest BCUT2D eigenvalue weighted by Gasteiger charge is 2.13. The van der Waals surface area contributed by atoms with Crippen molar-refractivity contribution in [2.75, 3.05) is 5.73 Å². The number of rotatable bonds is 1. The monoisotopic (exact) mass is 395 g/mol. The number of aryl methyl sites for hydroxylation is 1. The molecule has 6 heteroatoms. The SMILES string of the molecule is Cc1cc(F)ccc1-n1c(N)nc2ccc(I)cc2c1=O. The molecule has 21 heavy (non-hydrogen) atoms. The number of benzene rings is 2. The number of nitrogens with zero attached hydrogens (tertiary/aromatic N) is 2. The maximum Gasteiger partial charge on any atom is 0.267 e. The van der Waals surface area contributed by atoms with Crippen molar-refractivity contribution in [3.63, 3.8) is 0 Å². The van der Waals surface area contributed by atoms with Crippen molar-refractivity contribution < 1.29 is 4.39 Å². The summed E-state index contributed by atoms with van der Waals surface area (Å²) in [5, 5.41) is 0.486. The largest absolute Gasteiger partial charge is 0.369 e. The lowest BCUT2D eigenvalue weighted by molar-refractivity contribution is 0.626. The molecule has 0 atom stereocenters. The molecule has 2 aromatic carbocycles. The van der Waals surface area contributed by atoms with Crippen LogP contribution in [0.3, 0.4) is 0 Å². The summed E-state index contributed by atoms with van der Waals surface area (Å²) in [6.45, 7) is 1.73. The highest BCUT2D eigenvalue weighted by Crippen LogP contribution is 2.19. The predicted octanol–water partition coefficient (Wildman–Crippen LogP) is 3.02. The molecule has 1 heterocycles. The minimum absolute atomic E-state index is 0.0865. The summed E-state index contributed by atoms with van der Waals surface area (Å²) < 4.78 is 15.5. The first-order valence-corrected chi connectivity index (χ1v) is 7.29. The summed E-state index contributed by atoms with van der Waals surface area (Å²) in [6, 6.07) is 9.58. The van der Waals surface area contributed by atoms with E-state index in [0.717, 1.165) is 3.57 Å². The summed E-state index contributed by atoms with van der Waals surface area (Å²) in [4.78, 5) is 16.9. The van der Waals surface area contributed by atoms with Crippen LogP contribution in [0.15, 0.2) is 41.2 Å². The lowest BCUT2D eigenvalue weighted by atomic mass is 10.2. The molecule has 0 unspecified atom stereocenters. The fraction of sp³-hybridized carbons (Fsp3) is 0.0667. The van der Waals surface area contributed by atoms with Gasteiger partial charge in [-0.05, 0) is 71.5 Å². The molecule has 3 rings (SSSR count). The van der Waals surface area contributed by atoms with Crippen LogP contribution in [0.1, 0.15) is 5.56 Å². The average molecular weight is 395 g/mol. The Morgan fingerprint density at radius 2 is 2.00 bits per heavy atom. The number of nitrogens with two attached hydrogens (primary N) is 1. The standard InChI is InChI=1S/C15H11FIN3O/c1-8-6-9(16)2-5-13(8)20-14(21)11-7-10(17)3-4-12(11)19-15(20)18/h2-7H,1H3,(H2,18,19). The van der Waals surface area contributed by atoms with Gasteiger partial charge in [-0.1, -0.05) is 0 Å². The molecule has 106 valence electrons. The zero-order chi connectivity index (χ0) is 15.1. The maximum atomic E-state index is 13.2. The molecule has 0 bridgehead atoms. The second kappa shape index (κ2) is 5.10. The number of aromatic nitrogens is 2. The summed E-state index contributed by atoms with van der Waals surface area (Å²) in [5.74, 6) is -0.269. The van der Waals surface area contributed by atoms with E-state index in [1.807, 2.05) is 6.07 Å². The molecule has 1 aromatic heterocycles. The summed E-state index contributed by atoms with van der Waals surface area (Å²) in [7, 11) is 0. The van der Waals surface area contributed by atoms with Crippen molar-refractivity contribution in [1.82, 2.24) is 9.55 Å². The molecule has 2 N–H and O–H groups in total. The molecular formula is C15H11FIN3O. The Bertz CT molecular complexity index is 921. The molecule has 0 saturated carbocycles. The first-order chi connectivity index (χ1) is 9.97. The zero-order valence-electron chi connectivity index (χ0n) is 11.1. The number of anilines is 1. The second-order valence-corrected chi connectivity index (χ2v) is 5.95. The van der Waals surface area contributed by atoms with Crippen LogP contribution in [-0.4, -0.2) is 9.55 Å². The van der Waals surface area contributed by atoms with E-state index in [4.69, 9.17) is 5.73 Å². The van der Waals surface area contributed by atoms with Crippen LogP contribution in [0.25, 0.3) is 16.6 Å². The highest BCUT2D eigenvalue weighted by molar-refractivity contribution is 14.1. The molecule has 3 aromatic rings. The van der Waals surface area contributed by atoms with Crippen LogP contribution >= 0.6 is 22.6 Å². The first kappa shape index (κ1) is 14.0. The van der Waals surface area contributed by atoms with Crippen LogP contribution in [0.5, 0.6) is 0 Å². The van der Waals surface area contributed by atoms with Crippen molar-refractivity contribution in [2.24, 2.45) is 0 Å². The fourth-order valence-electron chi connectivity index (χ4n) is 2.28. The van der Waals surface area contributed by atoms with E-state index >= 15 is 0 Å².